The van der Waals surface area contributed by atoms with Crippen molar-refractivity contribution in [1.82, 2.24) is 4.98 Å². The molecule has 0 bridgehead atoms. The van der Waals surface area contributed by atoms with Crippen molar-refractivity contribution in [3.05, 3.63) is 70.5 Å². The van der Waals surface area contributed by atoms with Gasteiger partial charge in [-0.3, -0.25) is 9.59 Å². The van der Waals surface area contributed by atoms with E-state index in [9.17, 15) is 9.59 Å². The third kappa shape index (κ3) is 2.69. The van der Waals surface area contributed by atoms with Crippen LogP contribution in [0.2, 0.25) is 0 Å². The van der Waals surface area contributed by atoms with Crippen molar-refractivity contribution in [2.75, 3.05) is 5.32 Å². The molecular weight excluding hydrogens is 264 g/mol. The lowest BCUT2D eigenvalue weighted by Crippen LogP contribution is -2.08. The van der Waals surface area contributed by atoms with Crippen molar-refractivity contribution < 1.29 is 4.79 Å². The highest BCUT2D eigenvalue weighted by Crippen LogP contribution is 2.18. The van der Waals surface area contributed by atoms with Gasteiger partial charge >= 0.3 is 0 Å². The Labute approximate surface area is 121 Å². The number of aromatic nitrogens is 1. The summed E-state index contributed by atoms with van der Waals surface area (Å²) in [5, 5.41) is 4.68. The number of fused-ring (bicyclic) bond motifs is 1. The highest BCUT2D eigenvalue weighted by molar-refractivity contribution is 5.94. The first-order valence-corrected chi connectivity index (χ1v) is 6.63. The minimum Gasteiger partial charge on any atom is -0.342 e. The summed E-state index contributed by atoms with van der Waals surface area (Å²) in [5.41, 5.74) is 1.34. The quantitative estimate of drug-likeness (QED) is 0.721. The molecule has 0 unspecified atom stereocenters. The highest BCUT2D eigenvalue weighted by atomic mass is 16.1. The van der Waals surface area contributed by atoms with Crippen LogP contribution < -0.4 is 10.9 Å². The Hall–Kier alpha value is -2.88. The second kappa shape index (κ2) is 5.25. The summed E-state index contributed by atoms with van der Waals surface area (Å²) in [4.78, 5) is 26.0. The fraction of sp³-hybridized carbons (Fsp3) is 0.0588. The maximum Gasteiger partial charge on any atom is 0.257 e. The van der Waals surface area contributed by atoms with Crippen molar-refractivity contribution in [3.63, 3.8) is 0 Å². The van der Waals surface area contributed by atoms with Gasteiger partial charge in [-0.05, 0) is 48.7 Å². The van der Waals surface area contributed by atoms with Crippen LogP contribution in [0.1, 0.15) is 17.3 Å². The number of carbonyl (C=O) groups is 1. The van der Waals surface area contributed by atoms with Crippen LogP contribution in [0, 0.1) is 0 Å². The van der Waals surface area contributed by atoms with Gasteiger partial charge in [0, 0.05) is 16.6 Å². The first-order chi connectivity index (χ1) is 10.1. The standard InChI is InChI=1S/C17H14N2O2/c1-11(20)12-6-8-14(9-7-12)18-16-10-13-4-2-3-5-15(13)17(21)19-16/h2-10H,1H3,(H2,18,19,21). The van der Waals surface area contributed by atoms with Gasteiger partial charge in [-0.1, -0.05) is 18.2 Å². The second-order valence-corrected chi connectivity index (χ2v) is 4.86. The highest BCUT2D eigenvalue weighted by Gasteiger charge is 2.03. The third-order valence-corrected chi connectivity index (χ3v) is 3.32. The van der Waals surface area contributed by atoms with Crippen LogP contribution in [0.3, 0.4) is 0 Å². The number of aromatic amines is 1. The van der Waals surface area contributed by atoms with Gasteiger partial charge in [0.1, 0.15) is 5.82 Å². The molecule has 0 amide bonds. The maximum absolute atomic E-state index is 12.0. The molecule has 0 atom stereocenters. The van der Waals surface area contributed by atoms with Crippen LogP contribution >= 0.6 is 0 Å². The third-order valence-electron chi connectivity index (χ3n) is 3.32. The first kappa shape index (κ1) is 13.1. The summed E-state index contributed by atoms with van der Waals surface area (Å²) in [6.45, 7) is 1.53. The van der Waals surface area contributed by atoms with Crippen LogP contribution in [0.5, 0.6) is 0 Å². The maximum atomic E-state index is 12.0. The lowest BCUT2D eigenvalue weighted by Gasteiger charge is -2.08. The van der Waals surface area contributed by atoms with Crippen LogP contribution in [0.4, 0.5) is 11.5 Å². The van der Waals surface area contributed by atoms with E-state index in [0.717, 1.165) is 11.1 Å². The molecular formula is C17H14N2O2. The summed E-state index contributed by atoms with van der Waals surface area (Å²) >= 11 is 0. The molecule has 0 fully saturated rings. The number of hydrogen-bond donors (Lipinski definition) is 2. The molecule has 1 aromatic heterocycles. The number of pyridine rings is 1. The Morgan fingerprint density at radius 1 is 1.05 bits per heavy atom. The molecule has 0 aliphatic rings. The number of carbonyl (C=O) groups excluding carboxylic acids is 1. The minimum absolute atomic E-state index is 0.0284. The lowest BCUT2D eigenvalue weighted by molar-refractivity contribution is 0.101. The predicted octanol–water partition coefficient (Wildman–Crippen LogP) is 3.47. The lowest BCUT2D eigenvalue weighted by atomic mass is 10.1. The van der Waals surface area contributed by atoms with Gasteiger partial charge in [-0.25, -0.2) is 0 Å². The molecule has 21 heavy (non-hydrogen) atoms. The second-order valence-electron chi connectivity index (χ2n) is 4.86. The molecule has 1 heterocycles. The SMILES string of the molecule is CC(=O)c1ccc(Nc2cc3ccccc3c(=O)[nH]2)cc1. The number of H-pyrrole nitrogens is 1. The molecule has 4 heteroatoms. The van der Waals surface area contributed by atoms with Crippen LogP contribution in [0.15, 0.2) is 59.4 Å². The predicted molar refractivity (Wildman–Crippen MR) is 84.3 cm³/mol. The van der Waals surface area contributed by atoms with E-state index in [-0.39, 0.29) is 11.3 Å². The Balaban J connectivity index is 1.94. The van der Waals surface area contributed by atoms with E-state index in [1.165, 1.54) is 6.92 Å². The molecule has 0 spiro atoms. The molecule has 0 saturated carbocycles. The Morgan fingerprint density at radius 2 is 1.76 bits per heavy atom. The molecule has 0 saturated heterocycles. The van der Waals surface area contributed by atoms with Gasteiger partial charge in [0.25, 0.3) is 5.56 Å². The number of ketones is 1. The number of benzene rings is 2. The van der Waals surface area contributed by atoms with Crippen molar-refractivity contribution in [1.29, 1.82) is 0 Å². The number of nitrogens with one attached hydrogen (secondary N) is 2. The minimum atomic E-state index is -0.129. The van der Waals surface area contributed by atoms with E-state index in [1.54, 1.807) is 18.2 Å². The number of hydrogen-bond acceptors (Lipinski definition) is 3. The Morgan fingerprint density at radius 3 is 2.48 bits per heavy atom. The Kier molecular flexibility index (Phi) is 3.28. The summed E-state index contributed by atoms with van der Waals surface area (Å²) in [5.74, 6) is 0.648. The van der Waals surface area contributed by atoms with Crippen molar-refractivity contribution in [2.24, 2.45) is 0 Å². The Bertz CT molecular complexity index is 864. The van der Waals surface area contributed by atoms with Gasteiger partial charge < -0.3 is 10.3 Å². The number of anilines is 2. The van der Waals surface area contributed by atoms with Crippen LogP contribution in [-0.4, -0.2) is 10.8 Å². The number of rotatable bonds is 3. The molecule has 0 aliphatic heterocycles. The number of Topliss-reactive ketones (excluding diaryl/α,β-unsaturated/α-hetero) is 1. The van der Waals surface area contributed by atoms with Gasteiger partial charge in [0.2, 0.25) is 0 Å². The van der Waals surface area contributed by atoms with Crippen molar-refractivity contribution in [2.45, 2.75) is 6.92 Å². The van der Waals surface area contributed by atoms with E-state index in [0.29, 0.717) is 16.8 Å². The van der Waals surface area contributed by atoms with Gasteiger partial charge in [-0.15, -0.1) is 0 Å². The largest absolute Gasteiger partial charge is 0.342 e. The molecule has 0 radical (unpaired) electrons. The monoisotopic (exact) mass is 278 g/mol. The fourth-order valence-corrected chi connectivity index (χ4v) is 2.22. The summed E-state index contributed by atoms with van der Waals surface area (Å²) in [6.07, 6.45) is 0. The molecule has 104 valence electrons. The van der Waals surface area contributed by atoms with Gasteiger partial charge in [0.15, 0.2) is 5.78 Å². The topological polar surface area (TPSA) is 62.0 Å². The summed E-state index contributed by atoms with van der Waals surface area (Å²) < 4.78 is 0. The van der Waals surface area contributed by atoms with Crippen LogP contribution in [0.25, 0.3) is 10.8 Å². The van der Waals surface area contributed by atoms with E-state index in [2.05, 4.69) is 10.3 Å². The molecule has 3 rings (SSSR count). The van der Waals surface area contributed by atoms with Gasteiger partial charge in [-0.2, -0.15) is 0 Å². The summed E-state index contributed by atoms with van der Waals surface area (Å²) in [6, 6.07) is 16.4. The smallest absolute Gasteiger partial charge is 0.257 e. The first-order valence-electron chi connectivity index (χ1n) is 6.63. The zero-order valence-corrected chi connectivity index (χ0v) is 11.5. The van der Waals surface area contributed by atoms with Gasteiger partial charge in [0.05, 0.1) is 0 Å². The molecule has 2 aromatic carbocycles. The van der Waals surface area contributed by atoms with Crippen LogP contribution in [-0.2, 0) is 0 Å². The molecule has 0 aliphatic carbocycles. The van der Waals surface area contributed by atoms with Crippen molar-refractivity contribution >= 4 is 28.1 Å². The van der Waals surface area contributed by atoms with E-state index < -0.39 is 0 Å². The molecule has 4 nitrogen and oxygen atoms in total. The zero-order valence-electron chi connectivity index (χ0n) is 11.5. The van der Waals surface area contributed by atoms with E-state index in [4.69, 9.17) is 0 Å². The van der Waals surface area contributed by atoms with E-state index in [1.807, 2.05) is 36.4 Å². The molecule has 2 N–H and O–H groups in total. The van der Waals surface area contributed by atoms with Crippen molar-refractivity contribution in [3.8, 4) is 0 Å². The normalized spacial score (nSPS) is 10.5. The molecule has 3 aromatic rings. The zero-order chi connectivity index (χ0) is 14.8. The van der Waals surface area contributed by atoms with E-state index >= 15 is 0 Å². The average Bonchev–Trinajstić information content (AvgIpc) is 2.48. The fourth-order valence-electron chi connectivity index (χ4n) is 2.22. The average molecular weight is 278 g/mol. The summed E-state index contributed by atoms with van der Waals surface area (Å²) in [7, 11) is 0.